The topological polar surface area (TPSA) is 55.4 Å². The Morgan fingerprint density at radius 2 is 0.679 bits per heavy atom. The summed E-state index contributed by atoms with van der Waals surface area (Å²) in [5, 5.41) is 0. The molecule has 6 nitrogen and oxygen atoms in total. The van der Waals surface area contributed by atoms with Gasteiger partial charge < -0.3 is 18.9 Å². The van der Waals surface area contributed by atoms with E-state index in [0.29, 0.717) is 33.0 Å². The van der Waals surface area contributed by atoms with Crippen LogP contribution in [-0.4, -0.2) is 66.1 Å². The number of allylic oxidation sites excluding steroid dienone is 2. The predicted molar refractivity (Wildman–Crippen MR) is 113 cm³/mol. The summed E-state index contributed by atoms with van der Waals surface area (Å²) >= 11 is 0. The lowest BCUT2D eigenvalue weighted by atomic mass is 10.3. The van der Waals surface area contributed by atoms with Crippen LogP contribution in [0.3, 0.4) is 0 Å². The maximum Gasteiger partial charge on any atom is 0.0844 e. The molecule has 166 valence electrons. The lowest BCUT2D eigenvalue weighted by molar-refractivity contribution is -0.296. The Bertz CT molecular complexity index is 281. The van der Waals surface area contributed by atoms with Crippen LogP contribution >= 0.6 is 0 Å². The van der Waals surface area contributed by atoms with Gasteiger partial charge in [-0.1, -0.05) is 12.2 Å². The predicted octanol–water partition coefficient (Wildman–Crippen LogP) is 4.49. The number of ether oxygens (including phenoxy) is 4. The summed E-state index contributed by atoms with van der Waals surface area (Å²) in [6.07, 6.45) is 11.4. The average molecular weight is 403 g/mol. The largest absolute Gasteiger partial charge is 0.381 e. The normalized spacial score (nSPS) is 11.0. The van der Waals surface area contributed by atoms with E-state index >= 15 is 0 Å². The zero-order valence-corrected chi connectivity index (χ0v) is 17.7. The summed E-state index contributed by atoms with van der Waals surface area (Å²) in [6.45, 7) is 14.4. The van der Waals surface area contributed by atoms with Crippen molar-refractivity contribution in [2.24, 2.45) is 0 Å². The molecule has 0 amide bonds. The van der Waals surface area contributed by atoms with Crippen LogP contribution < -0.4 is 0 Å². The molecule has 0 fully saturated rings. The molecule has 0 heterocycles. The van der Waals surface area contributed by atoms with Crippen LogP contribution in [0, 0.1) is 0 Å². The van der Waals surface area contributed by atoms with Crippen molar-refractivity contribution < 1.29 is 28.7 Å². The monoisotopic (exact) mass is 402 g/mol. The molecule has 0 aliphatic heterocycles. The lowest BCUT2D eigenvalue weighted by Crippen LogP contribution is -2.07. The zero-order chi connectivity index (χ0) is 20.4. The van der Waals surface area contributed by atoms with Crippen molar-refractivity contribution in [3.05, 3.63) is 25.3 Å². The van der Waals surface area contributed by atoms with E-state index in [1.54, 1.807) is 0 Å². The second-order valence-corrected chi connectivity index (χ2v) is 6.37. The summed E-state index contributed by atoms with van der Waals surface area (Å²) < 4.78 is 22.0. The van der Waals surface area contributed by atoms with E-state index < -0.39 is 0 Å². The van der Waals surface area contributed by atoms with E-state index in [-0.39, 0.29) is 0 Å². The van der Waals surface area contributed by atoms with Crippen LogP contribution in [0.1, 0.15) is 51.4 Å². The standard InChI is InChI=1S/C22H42O6/c1-3-5-7-13-23-15-9-16-25-17-10-18-26-20-12-22-28-27-21-11-19-24-14-8-6-4-2/h3-4H,1-2,5-22H2. The molecule has 0 rings (SSSR count). The summed E-state index contributed by atoms with van der Waals surface area (Å²) in [5.74, 6) is 0. The van der Waals surface area contributed by atoms with Crippen molar-refractivity contribution in [1.29, 1.82) is 0 Å². The van der Waals surface area contributed by atoms with E-state index in [1.165, 1.54) is 0 Å². The third-order valence-corrected chi connectivity index (χ3v) is 3.66. The molecule has 28 heavy (non-hydrogen) atoms. The SMILES string of the molecule is C=CCCCOCCCOCCCOCCCOOCCCOCCCC=C. The van der Waals surface area contributed by atoms with E-state index in [1.807, 2.05) is 12.2 Å². The maximum absolute atomic E-state index is 5.55. The molecule has 0 saturated heterocycles. The Morgan fingerprint density at radius 3 is 1.00 bits per heavy atom. The first-order chi connectivity index (χ1) is 13.9. The van der Waals surface area contributed by atoms with Gasteiger partial charge in [0, 0.05) is 52.9 Å². The number of unbranched alkanes of at least 4 members (excludes halogenated alkanes) is 2. The van der Waals surface area contributed by atoms with Crippen LogP contribution in [-0.2, 0) is 28.7 Å². The van der Waals surface area contributed by atoms with Crippen LogP contribution in [0.4, 0.5) is 0 Å². The molecule has 0 spiro atoms. The first kappa shape index (κ1) is 27.2. The van der Waals surface area contributed by atoms with Crippen molar-refractivity contribution in [1.82, 2.24) is 0 Å². The van der Waals surface area contributed by atoms with Gasteiger partial charge in [-0.15, -0.1) is 13.2 Å². The van der Waals surface area contributed by atoms with Gasteiger partial charge in [-0.25, -0.2) is 9.78 Å². The highest BCUT2D eigenvalue weighted by atomic mass is 17.2. The molecule has 0 aliphatic carbocycles. The van der Waals surface area contributed by atoms with Crippen molar-refractivity contribution in [2.45, 2.75) is 51.4 Å². The van der Waals surface area contributed by atoms with Gasteiger partial charge in [0.25, 0.3) is 0 Å². The Labute approximate surface area is 172 Å². The van der Waals surface area contributed by atoms with Gasteiger partial charge in [-0.3, -0.25) is 0 Å². The second-order valence-electron chi connectivity index (χ2n) is 6.37. The molecule has 0 unspecified atom stereocenters. The first-order valence-corrected chi connectivity index (χ1v) is 10.7. The van der Waals surface area contributed by atoms with Gasteiger partial charge >= 0.3 is 0 Å². The molecule has 0 aromatic rings. The van der Waals surface area contributed by atoms with Gasteiger partial charge in [0.15, 0.2) is 0 Å². The molecule has 0 aliphatic rings. The minimum Gasteiger partial charge on any atom is -0.381 e. The molecule has 0 aromatic carbocycles. The molecule has 0 aromatic heterocycles. The van der Waals surface area contributed by atoms with E-state index in [4.69, 9.17) is 28.7 Å². The number of hydrogen-bond donors (Lipinski definition) is 0. The minimum atomic E-state index is 0.545. The second kappa shape index (κ2) is 26.2. The first-order valence-electron chi connectivity index (χ1n) is 10.7. The zero-order valence-electron chi connectivity index (χ0n) is 17.7. The highest BCUT2D eigenvalue weighted by Gasteiger charge is 1.95. The summed E-state index contributed by atoms with van der Waals surface area (Å²) in [7, 11) is 0. The van der Waals surface area contributed by atoms with Gasteiger partial charge in [-0.2, -0.15) is 0 Å². The van der Waals surface area contributed by atoms with Gasteiger partial charge in [-0.05, 0) is 51.4 Å². The third-order valence-electron chi connectivity index (χ3n) is 3.66. The maximum atomic E-state index is 5.55. The van der Waals surface area contributed by atoms with Gasteiger partial charge in [0.1, 0.15) is 0 Å². The summed E-state index contributed by atoms with van der Waals surface area (Å²) in [4.78, 5) is 10.2. The Hall–Kier alpha value is -0.760. The highest BCUT2D eigenvalue weighted by Crippen LogP contribution is 1.95. The fourth-order valence-electron chi connectivity index (χ4n) is 2.15. The molecule has 6 heteroatoms. The number of rotatable bonds is 25. The molecular formula is C22H42O6. The fraction of sp³-hybridized carbons (Fsp3) is 0.818. The molecule has 0 atom stereocenters. The Balaban J connectivity index is 2.98. The van der Waals surface area contributed by atoms with Crippen LogP contribution in [0.15, 0.2) is 25.3 Å². The summed E-state index contributed by atoms with van der Waals surface area (Å²) in [6, 6.07) is 0. The smallest absolute Gasteiger partial charge is 0.0844 e. The fourth-order valence-corrected chi connectivity index (χ4v) is 2.15. The van der Waals surface area contributed by atoms with Crippen LogP contribution in [0.2, 0.25) is 0 Å². The van der Waals surface area contributed by atoms with E-state index in [2.05, 4.69) is 13.2 Å². The van der Waals surface area contributed by atoms with Crippen LogP contribution in [0.25, 0.3) is 0 Å². The van der Waals surface area contributed by atoms with E-state index in [0.717, 1.165) is 84.4 Å². The molecule has 0 radical (unpaired) electrons. The van der Waals surface area contributed by atoms with E-state index in [9.17, 15) is 0 Å². The molecule has 0 N–H and O–H groups in total. The number of hydrogen-bond acceptors (Lipinski definition) is 6. The minimum absolute atomic E-state index is 0.545. The highest BCUT2D eigenvalue weighted by molar-refractivity contribution is 4.65. The average Bonchev–Trinajstić information content (AvgIpc) is 2.71. The Morgan fingerprint density at radius 1 is 0.393 bits per heavy atom. The van der Waals surface area contributed by atoms with Gasteiger partial charge in [0.05, 0.1) is 13.2 Å². The van der Waals surface area contributed by atoms with Crippen molar-refractivity contribution >= 4 is 0 Å². The van der Waals surface area contributed by atoms with Crippen molar-refractivity contribution in [3.63, 3.8) is 0 Å². The van der Waals surface area contributed by atoms with Crippen molar-refractivity contribution in [2.75, 3.05) is 66.1 Å². The van der Waals surface area contributed by atoms with Crippen LogP contribution in [0.5, 0.6) is 0 Å². The summed E-state index contributed by atoms with van der Waals surface area (Å²) in [5.41, 5.74) is 0. The molecule has 0 saturated carbocycles. The van der Waals surface area contributed by atoms with Crippen molar-refractivity contribution in [3.8, 4) is 0 Å². The lowest BCUT2D eigenvalue weighted by Gasteiger charge is -2.07. The van der Waals surface area contributed by atoms with Gasteiger partial charge in [0.2, 0.25) is 0 Å². The Kier molecular flexibility index (Phi) is 25.5. The third kappa shape index (κ3) is 25.2. The molecule has 0 bridgehead atoms. The quantitative estimate of drug-likeness (QED) is 0.0970. The molecular weight excluding hydrogens is 360 g/mol.